The Morgan fingerprint density at radius 1 is 1.00 bits per heavy atom. The van der Waals surface area contributed by atoms with Gasteiger partial charge in [0.1, 0.15) is 0 Å². The number of rotatable bonds is 2. The van der Waals surface area contributed by atoms with Crippen molar-refractivity contribution in [1.29, 1.82) is 0 Å². The largest absolute Gasteiger partial charge is 0.332 e. The average molecular weight is 364 g/mol. The standard InChI is InChI=1S/C19H16N4O4/c1-10-6-14(24)12-5-4-11(7-13(12)16(10)25)8-23-9-20-17-15(23)18(26)22(3)19(27)21(17)2/h4-7,9H,8H2,1-3H3. The second-order valence-electron chi connectivity index (χ2n) is 6.65. The van der Waals surface area contributed by atoms with Gasteiger partial charge in [-0.15, -0.1) is 0 Å². The van der Waals surface area contributed by atoms with E-state index in [-0.39, 0.29) is 18.1 Å². The number of Topliss-reactive ketones (excluding diaryl/α,β-unsaturated/α-hetero) is 1. The van der Waals surface area contributed by atoms with Crippen LogP contribution in [0, 0.1) is 0 Å². The molecule has 0 fully saturated rings. The monoisotopic (exact) mass is 364 g/mol. The molecule has 2 aromatic heterocycles. The summed E-state index contributed by atoms with van der Waals surface area (Å²) in [5.74, 6) is -0.370. The quantitative estimate of drug-likeness (QED) is 0.670. The highest BCUT2D eigenvalue weighted by molar-refractivity contribution is 6.24. The van der Waals surface area contributed by atoms with Crippen LogP contribution in [0.1, 0.15) is 33.2 Å². The minimum absolute atomic E-state index is 0.180. The first-order chi connectivity index (χ1) is 12.8. The predicted molar refractivity (Wildman–Crippen MR) is 98.2 cm³/mol. The van der Waals surface area contributed by atoms with Crippen LogP contribution < -0.4 is 11.2 Å². The molecule has 0 atom stereocenters. The topological polar surface area (TPSA) is 96.0 Å². The Kier molecular flexibility index (Phi) is 3.59. The maximum absolute atomic E-state index is 12.5. The molecule has 4 rings (SSSR count). The number of allylic oxidation sites excluding steroid dienone is 2. The fraction of sp³-hybridized carbons (Fsp3) is 0.211. The number of aryl methyl sites for hydroxylation is 1. The Balaban J connectivity index is 1.83. The van der Waals surface area contributed by atoms with E-state index >= 15 is 0 Å². The van der Waals surface area contributed by atoms with Crippen LogP contribution in [-0.4, -0.2) is 30.3 Å². The zero-order valence-corrected chi connectivity index (χ0v) is 15.0. The number of carbonyl (C=O) groups is 2. The van der Waals surface area contributed by atoms with Gasteiger partial charge in [0.2, 0.25) is 0 Å². The van der Waals surface area contributed by atoms with Gasteiger partial charge in [0.25, 0.3) is 5.56 Å². The SMILES string of the molecule is CC1=CC(=O)c2ccc(Cn3cnc4c3c(=O)n(C)c(=O)n4C)cc2C1=O. The third kappa shape index (κ3) is 2.41. The lowest BCUT2D eigenvalue weighted by Crippen LogP contribution is -2.37. The molecule has 1 aliphatic carbocycles. The van der Waals surface area contributed by atoms with Crippen LogP contribution in [0.2, 0.25) is 0 Å². The van der Waals surface area contributed by atoms with Gasteiger partial charge in [0, 0.05) is 37.3 Å². The van der Waals surface area contributed by atoms with E-state index in [0.717, 1.165) is 10.1 Å². The second kappa shape index (κ2) is 5.73. The van der Waals surface area contributed by atoms with Crippen LogP contribution in [0.4, 0.5) is 0 Å². The van der Waals surface area contributed by atoms with Crippen molar-refractivity contribution in [3.05, 3.63) is 73.7 Å². The molecule has 0 N–H and O–H groups in total. The number of aromatic nitrogens is 4. The first kappa shape index (κ1) is 16.9. The van der Waals surface area contributed by atoms with Crippen molar-refractivity contribution in [1.82, 2.24) is 18.7 Å². The number of imidazole rings is 1. The molecular weight excluding hydrogens is 348 g/mol. The maximum Gasteiger partial charge on any atom is 0.332 e. The van der Waals surface area contributed by atoms with Gasteiger partial charge in [-0.2, -0.15) is 0 Å². The van der Waals surface area contributed by atoms with E-state index in [1.807, 2.05) is 0 Å². The Morgan fingerprint density at radius 3 is 2.48 bits per heavy atom. The Labute approximate surface area is 153 Å². The molecule has 8 heteroatoms. The maximum atomic E-state index is 12.5. The minimum atomic E-state index is -0.446. The number of hydrogen-bond donors (Lipinski definition) is 0. The van der Waals surface area contributed by atoms with E-state index in [9.17, 15) is 19.2 Å². The van der Waals surface area contributed by atoms with Crippen LogP contribution in [-0.2, 0) is 20.6 Å². The zero-order chi connectivity index (χ0) is 19.5. The normalized spacial score (nSPS) is 13.8. The molecule has 0 unspecified atom stereocenters. The van der Waals surface area contributed by atoms with Crippen molar-refractivity contribution >= 4 is 22.7 Å². The summed E-state index contributed by atoms with van der Waals surface area (Å²) in [6.07, 6.45) is 2.83. The van der Waals surface area contributed by atoms with Gasteiger partial charge in [-0.1, -0.05) is 6.07 Å². The summed E-state index contributed by atoms with van der Waals surface area (Å²) < 4.78 is 3.98. The molecule has 3 aromatic rings. The van der Waals surface area contributed by atoms with Crippen molar-refractivity contribution in [3.63, 3.8) is 0 Å². The summed E-state index contributed by atoms with van der Waals surface area (Å²) in [4.78, 5) is 53.2. The van der Waals surface area contributed by atoms with Crippen LogP contribution in [0.25, 0.3) is 11.2 Å². The van der Waals surface area contributed by atoms with E-state index in [4.69, 9.17) is 0 Å². The number of ketones is 2. The number of fused-ring (bicyclic) bond motifs is 2. The minimum Gasteiger partial charge on any atom is -0.320 e. The predicted octanol–water partition coefficient (Wildman–Crippen LogP) is 0.807. The molecule has 27 heavy (non-hydrogen) atoms. The van der Waals surface area contributed by atoms with E-state index in [1.54, 1.807) is 36.7 Å². The summed E-state index contributed by atoms with van der Waals surface area (Å²) in [5.41, 5.74) is 1.61. The average Bonchev–Trinajstić information content (AvgIpc) is 3.06. The third-order valence-electron chi connectivity index (χ3n) is 4.87. The summed E-state index contributed by atoms with van der Waals surface area (Å²) >= 11 is 0. The smallest absolute Gasteiger partial charge is 0.320 e. The highest BCUT2D eigenvalue weighted by Gasteiger charge is 2.23. The summed E-state index contributed by atoms with van der Waals surface area (Å²) in [6, 6.07) is 5.04. The van der Waals surface area contributed by atoms with Crippen molar-refractivity contribution in [3.8, 4) is 0 Å². The van der Waals surface area contributed by atoms with E-state index in [0.29, 0.717) is 27.9 Å². The van der Waals surface area contributed by atoms with Gasteiger partial charge in [-0.05, 0) is 30.7 Å². The highest BCUT2D eigenvalue weighted by Crippen LogP contribution is 2.23. The lowest BCUT2D eigenvalue weighted by atomic mass is 9.89. The van der Waals surface area contributed by atoms with E-state index in [2.05, 4.69) is 4.98 Å². The lowest BCUT2D eigenvalue weighted by Gasteiger charge is -2.14. The molecule has 0 bridgehead atoms. The second-order valence-corrected chi connectivity index (χ2v) is 6.65. The van der Waals surface area contributed by atoms with E-state index < -0.39 is 11.2 Å². The molecule has 0 spiro atoms. The molecule has 0 radical (unpaired) electrons. The summed E-state index contributed by atoms with van der Waals surface area (Å²) in [6.45, 7) is 1.89. The number of carbonyl (C=O) groups excluding carboxylic acids is 2. The Bertz CT molecular complexity index is 1300. The molecule has 136 valence electrons. The number of benzene rings is 1. The van der Waals surface area contributed by atoms with Crippen molar-refractivity contribution < 1.29 is 9.59 Å². The molecular formula is C19H16N4O4. The Hall–Kier alpha value is -3.55. The molecule has 1 aromatic carbocycles. The van der Waals surface area contributed by atoms with Gasteiger partial charge in [0.15, 0.2) is 22.7 Å². The first-order valence-corrected chi connectivity index (χ1v) is 8.30. The molecule has 8 nitrogen and oxygen atoms in total. The van der Waals surface area contributed by atoms with Gasteiger partial charge in [-0.3, -0.25) is 23.5 Å². The van der Waals surface area contributed by atoms with Gasteiger partial charge >= 0.3 is 5.69 Å². The fourth-order valence-corrected chi connectivity index (χ4v) is 3.36. The van der Waals surface area contributed by atoms with Crippen molar-refractivity contribution in [2.45, 2.75) is 13.5 Å². The van der Waals surface area contributed by atoms with Crippen LogP contribution in [0.15, 0.2) is 45.8 Å². The van der Waals surface area contributed by atoms with Crippen molar-refractivity contribution in [2.75, 3.05) is 0 Å². The molecule has 0 aliphatic heterocycles. The van der Waals surface area contributed by atoms with E-state index in [1.165, 1.54) is 24.0 Å². The molecule has 0 saturated heterocycles. The van der Waals surface area contributed by atoms with Gasteiger partial charge < -0.3 is 4.57 Å². The summed E-state index contributed by atoms with van der Waals surface area (Å²) in [7, 11) is 2.97. The zero-order valence-electron chi connectivity index (χ0n) is 15.0. The molecule has 2 heterocycles. The molecule has 0 amide bonds. The lowest BCUT2D eigenvalue weighted by molar-refractivity contribution is 0.0984. The van der Waals surface area contributed by atoms with Crippen LogP contribution >= 0.6 is 0 Å². The first-order valence-electron chi connectivity index (χ1n) is 8.30. The number of hydrogen-bond acceptors (Lipinski definition) is 5. The fourth-order valence-electron chi connectivity index (χ4n) is 3.36. The van der Waals surface area contributed by atoms with Gasteiger partial charge in [0.05, 0.1) is 6.33 Å². The molecule has 1 aliphatic rings. The Morgan fingerprint density at radius 2 is 1.74 bits per heavy atom. The third-order valence-corrected chi connectivity index (χ3v) is 4.87. The highest BCUT2D eigenvalue weighted by atomic mass is 16.2. The van der Waals surface area contributed by atoms with Crippen LogP contribution in [0.3, 0.4) is 0 Å². The number of nitrogens with zero attached hydrogens (tertiary/aromatic N) is 4. The van der Waals surface area contributed by atoms with Crippen LogP contribution in [0.5, 0.6) is 0 Å². The van der Waals surface area contributed by atoms with Gasteiger partial charge in [-0.25, -0.2) is 9.78 Å². The summed E-state index contributed by atoms with van der Waals surface area (Å²) in [5, 5.41) is 0. The molecule has 0 saturated carbocycles. The van der Waals surface area contributed by atoms with Crippen molar-refractivity contribution in [2.24, 2.45) is 14.1 Å².